The monoisotopic (exact) mass is 393 g/mol. The second-order valence-corrected chi connectivity index (χ2v) is 7.16. The second kappa shape index (κ2) is 7.03. The molecule has 0 saturated carbocycles. The van der Waals surface area contributed by atoms with Crippen LogP contribution in [-0.2, 0) is 4.79 Å². The van der Waals surface area contributed by atoms with Crippen LogP contribution in [-0.4, -0.2) is 72.2 Å². The van der Waals surface area contributed by atoms with Crippen LogP contribution in [0.2, 0.25) is 0 Å². The van der Waals surface area contributed by atoms with Crippen LogP contribution < -0.4 is 0 Å². The average molecular weight is 394 g/mol. The molecule has 2 heterocycles. The molecule has 0 unspecified atom stereocenters. The van der Waals surface area contributed by atoms with Crippen molar-refractivity contribution in [1.82, 2.24) is 14.7 Å². The average Bonchev–Trinajstić information content (AvgIpc) is 2.71. The maximum Gasteiger partial charge on any atom is 0.261 e. The van der Waals surface area contributed by atoms with E-state index in [2.05, 4.69) is 20.8 Å². The van der Waals surface area contributed by atoms with Crippen LogP contribution in [0.4, 0.5) is 0 Å². The van der Waals surface area contributed by atoms with E-state index in [0.29, 0.717) is 17.7 Å². The minimum Gasteiger partial charge on any atom is -0.341 e. The number of nitrogens with zero attached hydrogens (tertiary/aromatic N) is 3. The lowest BCUT2D eigenvalue weighted by molar-refractivity contribution is -0.131. The number of rotatable bonds is 3. The summed E-state index contributed by atoms with van der Waals surface area (Å²) in [5.41, 5.74) is 0.810. The summed E-state index contributed by atoms with van der Waals surface area (Å²) < 4.78 is 0.758. The van der Waals surface area contributed by atoms with E-state index in [-0.39, 0.29) is 30.7 Å². The van der Waals surface area contributed by atoms with Crippen LogP contribution in [0.5, 0.6) is 0 Å². The molecule has 3 rings (SSSR count). The van der Waals surface area contributed by atoms with E-state index in [1.807, 2.05) is 11.9 Å². The fourth-order valence-corrected chi connectivity index (χ4v) is 3.49. The molecule has 0 N–H and O–H groups in total. The molecule has 0 bridgehead atoms. The number of carbonyl (C=O) groups excluding carboxylic acids is 3. The highest BCUT2D eigenvalue weighted by Crippen LogP contribution is 2.26. The topological polar surface area (TPSA) is 60.9 Å². The van der Waals surface area contributed by atoms with Gasteiger partial charge < -0.3 is 9.80 Å². The smallest absolute Gasteiger partial charge is 0.261 e. The first kappa shape index (κ1) is 17.1. The van der Waals surface area contributed by atoms with Crippen molar-refractivity contribution in [2.24, 2.45) is 0 Å². The van der Waals surface area contributed by atoms with Gasteiger partial charge in [-0.3, -0.25) is 19.3 Å². The van der Waals surface area contributed by atoms with E-state index < -0.39 is 0 Å². The van der Waals surface area contributed by atoms with Crippen molar-refractivity contribution < 1.29 is 14.4 Å². The summed E-state index contributed by atoms with van der Waals surface area (Å²) in [6, 6.07) is 5.04. The highest BCUT2D eigenvalue weighted by Gasteiger charge is 2.35. The van der Waals surface area contributed by atoms with Gasteiger partial charge in [-0.05, 0) is 38.2 Å². The van der Waals surface area contributed by atoms with Gasteiger partial charge in [0.05, 0.1) is 11.1 Å². The van der Waals surface area contributed by atoms with Crippen LogP contribution in [0.1, 0.15) is 33.6 Å². The van der Waals surface area contributed by atoms with Crippen LogP contribution >= 0.6 is 15.9 Å². The molecule has 1 saturated heterocycles. The van der Waals surface area contributed by atoms with Gasteiger partial charge in [-0.15, -0.1) is 0 Å². The van der Waals surface area contributed by atoms with Crippen LogP contribution in [0, 0.1) is 0 Å². The summed E-state index contributed by atoms with van der Waals surface area (Å²) in [7, 11) is 2.05. The molecule has 0 radical (unpaired) electrons. The van der Waals surface area contributed by atoms with Gasteiger partial charge in [0.1, 0.15) is 0 Å². The van der Waals surface area contributed by atoms with E-state index in [0.717, 1.165) is 30.5 Å². The van der Waals surface area contributed by atoms with Gasteiger partial charge in [0.2, 0.25) is 5.91 Å². The molecule has 0 spiro atoms. The fourth-order valence-electron chi connectivity index (χ4n) is 3.13. The van der Waals surface area contributed by atoms with Crippen LogP contribution in [0.3, 0.4) is 0 Å². The number of hydrogen-bond donors (Lipinski definition) is 0. The summed E-state index contributed by atoms with van der Waals surface area (Å²) in [6.45, 7) is 3.40. The first-order valence-electron chi connectivity index (χ1n) is 8.09. The Morgan fingerprint density at radius 2 is 1.83 bits per heavy atom. The number of amides is 3. The van der Waals surface area contributed by atoms with Crippen molar-refractivity contribution in [1.29, 1.82) is 0 Å². The van der Waals surface area contributed by atoms with Crippen LogP contribution in [0.15, 0.2) is 22.7 Å². The Bertz CT molecular complexity index is 692. The lowest BCUT2D eigenvalue weighted by Gasteiger charge is -2.22. The third-order valence-corrected chi connectivity index (χ3v) is 5.05. The summed E-state index contributed by atoms with van der Waals surface area (Å²) in [5.74, 6) is -0.631. The standard InChI is InChI=1S/C17H20BrN3O3/c1-19-6-2-7-20(10-9-19)15(22)5-8-21-16(23)13-4-3-12(18)11-14(13)17(21)24/h3-4,11H,2,5-10H2,1H3. The molecule has 2 aliphatic rings. The quantitative estimate of drug-likeness (QED) is 0.731. The molecule has 0 aromatic heterocycles. The Morgan fingerprint density at radius 1 is 1.08 bits per heavy atom. The molecule has 1 aromatic rings. The largest absolute Gasteiger partial charge is 0.341 e. The molecule has 7 heteroatoms. The molecule has 1 fully saturated rings. The van der Waals surface area contributed by atoms with E-state index >= 15 is 0 Å². The van der Waals surface area contributed by atoms with Gasteiger partial charge in [0, 0.05) is 37.1 Å². The number of fused-ring (bicyclic) bond motifs is 1. The molecule has 0 atom stereocenters. The van der Waals surface area contributed by atoms with Crippen molar-refractivity contribution in [3.63, 3.8) is 0 Å². The summed E-state index contributed by atoms with van der Waals surface area (Å²) in [5, 5.41) is 0. The number of carbonyl (C=O) groups is 3. The molecular formula is C17H20BrN3O3. The van der Waals surface area contributed by atoms with Crippen molar-refractivity contribution in [3.05, 3.63) is 33.8 Å². The number of hydrogen-bond acceptors (Lipinski definition) is 4. The zero-order valence-electron chi connectivity index (χ0n) is 13.6. The Morgan fingerprint density at radius 3 is 2.62 bits per heavy atom. The summed E-state index contributed by atoms with van der Waals surface area (Å²) in [6.07, 6.45) is 1.12. The normalized spacial score (nSPS) is 18.8. The summed E-state index contributed by atoms with van der Waals surface area (Å²) in [4.78, 5) is 42.4. The molecule has 1 aromatic carbocycles. The maximum atomic E-state index is 12.4. The first-order chi connectivity index (χ1) is 11.5. The number of likely N-dealkylation sites (N-methyl/N-ethyl adjacent to an activating group) is 1. The SMILES string of the molecule is CN1CCCN(C(=O)CCN2C(=O)c3ccc(Br)cc3C2=O)CC1. The molecule has 128 valence electrons. The Hall–Kier alpha value is -1.73. The van der Waals surface area contributed by atoms with Gasteiger partial charge in [0.25, 0.3) is 11.8 Å². The minimum absolute atomic E-state index is 0.00281. The lowest BCUT2D eigenvalue weighted by Crippen LogP contribution is -2.38. The zero-order chi connectivity index (χ0) is 17.3. The fraction of sp³-hybridized carbons (Fsp3) is 0.471. The molecule has 6 nitrogen and oxygen atoms in total. The van der Waals surface area contributed by atoms with Crippen molar-refractivity contribution in [2.45, 2.75) is 12.8 Å². The van der Waals surface area contributed by atoms with Gasteiger partial charge in [-0.1, -0.05) is 15.9 Å². The predicted octanol–water partition coefficient (Wildman–Crippen LogP) is 1.60. The van der Waals surface area contributed by atoms with E-state index in [9.17, 15) is 14.4 Å². The van der Waals surface area contributed by atoms with Gasteiger partial charge in [-0.2, -0.15) is 0 Å². The van der Waals surface area contributed by atoms with Gasteiger partial charge in [-0.25, -0.2) is 0 Å². The predicted molar refractivity (Wildman–Crippen MR) is 92.8 cm³/mol. The Kier molecular flexibility index (Phi) is 5.01. The molecule has 24 heavy (non-hydrogen) atoms. The van der Waals surface area contributed by atoms with Crippen molar-refractivity contribution >= 4 is 33.7 Å². The van der Waals surface area contributed by atoms with E-state index in [1.54, 1.807) is 18.2 Å². The number of halogens is 1. The molecular weight excluding hydrogens is 374 g/mol. The van der Waals surface area contributed by atoms with E-state index in [4.69, 9.17) is 0 Å². The Labute approximate surface area is 149 Å². The minimum atomic E-state index is -0.320. The third kappa shape index (κ3) is 3.37. The third-order valence-electron chi connectivity index (χ3n) is 4.55. The summed E-state index contributed by atoms with van der Waals surface area (Å²) >= 11 is 3.31. The van der Waals surface area contributed by atoms with E-state index in [1.165, 1.54) is 4.90 Å². The maximum absolute atomic E-state index is 12.4. The lowest BCUT2D eigenvalue weighted by atomic mass is 10.1. The Balaban J connectivity index is 1.62. The highest BCUT2D eigenvalue weighted by molar-refractivity contribution is 9.10. The van der Waals surface area contributed by atoms with Crippen molar-refractivity contribution in [2.75, 3.05) is 39.8 Å². The van der Waals surface area contributed by atoms with Gasteiger partial charge in [0.15, 0.2) is 0 Å². The highest BCUT2D eigenvalue weighted by atomic mass is 79.9. The molecule has 0 aliphatic carbocycles. The molecule has 2 aliphatic heterocycles. The van der Waals surface area contributed by atoms with Gasteiger partial charge >= 0.3 is 0 Å². The number of benzene rings is 1. The zero-order valence-corrected chi connectivity index (χ0v) is 15.2. The first-order valence-corrected chi connectivity index (χ1v) is 8.89. The second-order valence-electron chi connectivity index (χ2n) is 6.24. The van der Waals surface area contributed by atoms with Crippen LogP contribution in [0.25, 0.3) is 0 Å². The molecule has 3 amide bonds. The number of imide groups is 1. The van der Waals surface area contributed by atoms with Crippen molar-refractivity contribution in [3.8, 4) is 0 Å².